The lowest BCUT2D eigenvalue weighted by molar-refractivity contribution is -0.121. The van der Waals surface area contributed by atoms with Crippen molar-refractivity contribution in [3.63, 3.8) is 0 Å². The molecule has 6 nitrogen and oxygen atoms in total. The summed E-state index contributed by atoms with van der Waals surface area (Å²) in [5, 5.41) is 10.8. The van der Waals surface area contributed by atoms with E-state index in [4.69, 9.17) is 15.9 Å². The van der Waals surface area contributed by atoms with E-state index in [0.717, 1.165) is 17.5 Å². The van der Waals surface area contributed by atoms with Crippen molar-refractivity contribution < 1.29 is 14.3 Å². The molecule has 0 radical (unpaired) electrons. The zero-order valence-corrected chi connectivity index (χ0v) is 14.3. The Labute approximate surface area is 139 Å². The fourth-order valence-electron chi connectivity index (χ4n) is 1.71. The molecule has 118 valence electrons. The summed E-state index contributed by atoms with van der Waals surface area (Å²) in [5.74, 6) is 2.57. The number of hydrogen-bond donors (Lipinski definition) is 1. The number of carbonyl (C=O) groups excluding carboxylic acids is 1. The second kappa shape index (κ2) is 10.9. The van der Waals surface area contributed by atoms with Gasteiger partial charge in [0.05, 0.1) is 26.4 Å². The van der Waals surface area contributed by atoms with Gasteiger partial charge in [-0.2, -0.15) is 10.2 Å². The number of rotatable bonds is 13. The second-order valence-electron chi connectivity index (χ2n) is 4.65. The predicted octanol–water partition coefficient (Wildman–Crippen LogP) is 1.93. The van der Waals surface area contributed by atoms with E-state index in [-0.39, 0.29) is 11.6 Å². The number of alkyl halides is 1. The van der Waals surface area contributed by atoms with Crippen LogP contribution in [0, 0.1) is 12.3 Å². The monoisotopic (exact) mass is 407 g/mol. The third-order valence-corrected chi connectivity index (χ3v) is 3.41. The maximum absolute atomic E-state index is 11.6. The van der Waals surface area contributed by atoms with Crippen LogP contribution >= 0.6 is 22.6 Å². The molecule has 0 atom stereocenters. The second-order valence-corrected chi connectivity index (χ2v) is 5.73. The molecule has 0 unspecified atom stereocenters. The highest BCUT2D eigenvalue weighted by Gasteiger charge is 2.39. The van der Waals surface area contributed by atoms with Crippen molar-refractivity contribution in [2.45, 2.75) is 31.3 Å². The molecule has 1 aliphatic rings. The number of hydrogen-bond acceptors (Lipinski definition) is 5. The molecule has 1 rings (SSSR count). The first-order valence-corrected chi connectivity index (χ1v) is 8.61. The van der Waals surface area contributed by atoms with Gasteiger partial charge in [-0.1, -0.05) is 22.6 Å². The Morgan fingerprint density at radius 3 is 2.52 bits per heavy atom. The first-order valence-electron chi connectivity index (χ1n) is 7.08. The highest BCUT2D eigenvalue weighted by molar-refractivity contribution is 14.1. The quantitative estimate of drug-likeness (QED) is 0.220. The molecule has 7 heteroatoms. The van der Waals surface area contributed by atoms with Crippen LogP contribution in [-0.4, -0.2) is 49.0 Å². The van der Waals surface area contributed by atoms with Crippen molar-refractivity contribution in [2.75, 3.05) is 37.4 Å². The lowest BCUT2D eigenvalue weighted by Crippen LogP contribution is -2.28. The topological polar surface area (TPSA) is 72.3 Å². The van der Waals surface area contributed by atoms with E-state index in [1.54, 1.807) is 0 Å². The van der Waals surface area contributed by atoms with Gasteiger partial charge in [0.25, 0.3) is 0 Å². The number of halogens is 1. The number of ether oxygens (including phenoxy) is 2. The smallest absolute Gasteiger partial charge is 0.220 e. The summed E-state index contributed by atoms with van der Waals surface area (Å²) >= 11 is 2.26. The molecule has 0 aromatic heterocycles. The first kappa shape index (κ1) is 18.3. The van der Waals surface area contributed by atoms with Gasteiger partial charge in [0.15, 0.2) is 5.66 Å². The van der Waals surface area contributed by atoms with Crippen LogP contribution in [-0.2, 0) is 14.3 Å². The zero-order valence-electron chi connectivity index (χ0n) is 12.1. The van der Waals surface area contributed by atoms with E-state index in [2.05, 4.69) is 44.1 Å². The summed E-state index contributed by atoms with van der Waals surface area (Å²) in [7, 11) is 0. The van der Waals surface area contributed by atoms with Gasteiger partial charge in [0.2, 0.25) is 5.91 Å². The maximum atomic E-state index is 11.6. The molecule has 0 fully saturated rings. The zero-order chi connectivity index (χ0) is 15.4. The van der Waals surface area contributed by atoms with Crippen molar-refractivity contribution in [3.05, 3.63) is 0 Å². The summed E-state index contributed by atoms with van der Waals surface area (Å²) in [6, 6.07) is 0. The summed E-state index contributed by atoms with van der Waals surface area (Å²) in [4.78, 5) is 11.6. The van der Waals surface area contributed by atoms with Crippen LogP contribution in [0.4, 0.5) is 0 Å². The standard InChI is InChI=1S/C14H22IN3O3/c1-2-3-5-14(17-18-14)6-4-13(19)16-8-10-21-12-11-20-9-7-15/h1H,3-12H2,(H,16,19). The molecule has 0 aromatic carbocycles. The maximum Gasteiger partial charge on any atom is 0.220 e. The lowest BCUT2D eigenvalue weighted by Gasteiger charge is -2.09. The Morgan fingerprint density at radius 1 is 1.19 bits per heavy atom. The highest BCUT2D eigenvalue weighted by Crippen LogP contribution is 2.37. The third kappa shape index (κ3) is 9.01. The van der Waals surface area contributed by atoms with E-state index < -0.39 is 0 Å². The van der Waals surface area contributed by atoms with Crippen molar-refractivity contribution in [2.24, 2.45) is 10.2 Å². The molecule has 0 saturated carbocycles. The van der Waals surface area contributed by atoms with Crippen LogP contribution in [0.15, 0.2) is 10.2 Å². The van der Waals surface area contributed by atoms with Gasteiger partial charge in [-0.3, -0.25) is 4.79 Å². The van der Waals surface area contributed by atoms with Crippen LogP contribution in [0.5, 0.6) is 0 Å². The third-order valence-electron chi connectivity index (χ3n) is 2.97. The Morgan fingerprint density at radius 2 is 1.90 bits per heavy atom. The van der Waals surface area contributed by atoms with E-state index in [0.29, 0.717) is 45.6 Å². The van der Waals surface area contributed by atoms with E-state index >= 15 is 0 Å². The van der Waals surface area contributed by atoms with Crippen molar-refractivity contribution >= 4 is 28.5 Å². The fourth-order valence-corrected chi connectivity index (χ4v) is 2.02. The molecule has 1 aliphatic heterocycles. The molecule has 0 aliphatic carbocycles. The van der Waals surface area contributed by atoms with E-state index in [1.807, 2.05) is 0 Å². The van der Waals surface area contributed by atoms with E-state index in [1.165, 1.54) is 0 Å². The van der Waals surface area contributed by atoms with Gasteiger partial charge in [-0.05, 0) is 0 Å². The van der Waals surface area contributed by atoms with Crippen LogP contribution in [0.2, 0.25) is 0 Å². The largest absolute Gasteiger partial charge is 0.378 e. The average Bonchev–Trinajstić information content (AvgIpc) is 3.26. The van der Waals surface area contributed by atoms with Crippen molar-refractivity contribution in [3.8, 4) is 12.3 Å². The Hall–Kier alpha value is -0.720. The molecule has 0 aromatic rings. The number of nitrogens with zero attached hydrogens (tertiary/aromatic N) is 2. The molecule has 0 saturated heterocycles. The van der Waals surface area contributed by atoms with Crippen molar-refractivity contribution in [1.29, 1.82) is 0 Å². The molecule has 1 amide bonds. The summed E-state index contributed by atoms with van der Waals surface area (Å²) in [6.45, 7) is 2.91. The van der Waals surface area contributed by atoms with Gasteiger partial charge in [0, 0.05) is 36.7 Å². The Kier molecular flexibility index (Phi) is 9.54. The van der Waals surface area contributed by atoms with Crippen LogP contribution in [0.3, 0.4) is 0 Å². The summed E-state index contributed by atoms with van der Waals surface area (Å²) in [5.41, 5.74) is -0.379. The summed E-state index contributed by atoms with van der Waals surface area (Å²) < 4.78 is 11.6. The van der Waals surface area contributed by atoms with Crippen LogP contribution in [0.1, 0.15) is 25.7 Å². The fraction of sp³-hybridized carbons (Fsp3) is 0.786. The van der Waals surface area contributed by atoms with Crippen molar-refractivity contribution in [1.82, 2.24) is 5.32 Å². The number of nitrogens with one attached hydrogen (secondary N) is 1. The van der Waals surface area contributed by atoms with Crippen LogP contribution in [0.25, 0.3) is 0 Å². The Balaban J connectivity index is 1.91. The predicted molar refractivity (Wildman–Crippen MR) is 88.4 cm³/mol. The molecular formula is C14H22IN3O3. The number of amides is 1. The van der Waals surface area contributed by atoms with Crippen LogP contribution < -0.4 is 5.32 Å². The molecule has 1 heterocycles. The van der Waals surface area contributed by atoms with Gasteiger partial charge in [0.1, 0.15) is 0 Å². The van der Waals surface area contributed by atoms with E-state index in [9.17, 15) is 4.79 Å². The van der Waals surface area contributed by atoms with Gasteiger partial charge < -0.3 is 14.8 Å². The number of carbonyl (C=O) groups is 1. The lowest BCUT2D eigenvalue weighted by atomic mass is 10.0. The summed E-state index contributed by atoms with van der Waals surface area (Å²) in [6.07, 6.45) is 7.63. The first-order chi connectivity index (χ1) is 10.2. The highest BCUT2D eigenvalue weighted by atomic mass is 127. The molecule has 0 bridgehead atoms. The number of terminal acetylenes is 1. The van der Waals surface area contributed by atoms with Gasteiger partial charge in [-0.25, -0.2) is 0 Å². The molecule has 21 heavy (non-hydrogen) atoms. The molecule has 0 spiro atoms. The minimum atomic E-state index is -0.379. The normalized spacial score (nSPS) is 14.7. The molecular weight excluding hydrogens is 385 g/mol. The van der Waals surface area contributed by atoms with Gasteiger partial charge in [-0.15, -0.1) is 12.3 Å². The minimum absolute atomic E-state index is 0.00264. The Bertz CT molecular complexity index is 376. The SMILES string of the molecule is C#CCCC1(CCC(=O)NCCOCCOCCI)N=N1. The van der Waals surface area contributed by atoms with Gasteiger partial charge >= 0.3 is 0 Å². The molecule has 1 N–H and O–H groups in total. The minimum Gasteiger partial charge on any atom is -0.378 e. The average molecular weight is 407 g/mol.